The van der Waals surface area contributed by atoms with Crippen molar-refractivity contribution >= 4 is 0 Å². The van der Waals surface area contributed by atoms with Crippen molar-refractivity contribution in [3.8, 4) is 17.2 Å². The average molecular weight is 359 g/mol. The molecule has 2 N–H and O–H groups in total. The van der Waals surface area contributed by atoms with Crippen molar-refractivity contribution in [2.75, 3.05) is 0 Å². The molecule has 3 aromatic carbocycles. The van der Waals surface area contributed by atoms with Crippen LogP contribution in [-0.2, 0) is 0 Å². The summed E-state index contributed by atoms with van der Waals surface area (Å²) in [6.45, 7) is 0. The molecule has 0 aromatic heterocycles. The van der Waals surface area contributed by atoms with Crippen LogP contribution in [0.25, 0.3) is 0 Å². The van der Waals surface area contributed by atoms with Gasteiger partial charge in [0, 0.05) is 0 Å². The molecule has 0 unspecified atom stereocenters. The average Bonchev–Trinajstić information content (AvgIpc) is 2.62. The third kappa shape index (κ3) is 4.77. The topological polar surface area (TPSA) is 44.5 Å². The molecule has 26 heavy (non-hydrogen) atoms. The van der Waals surface area contributed by atoms with Crippen LogP contribution in [0.2, 0.25) is 0 Å². The van der Waals surface area contributed by atoms with Crippen molar-refractivity contribution in [1.82, 2.24) is 0 Å². The van der Waals surface area contributed by atoms with Gasteiger partial charge in [-0.1, -0.05) is 42.5 Å². The third-order valence-electron chi connectivity index (χ3n) is 3.69. The summed E-state index contributed by atoms with van der Waals surface area (Å²) in [7, 11) is 0. The Kier molecular flexibility index (Phi) is 5.14. The summed E-state index contributed by atoms with van der Waals surface area (Å²) >= 11 is 0. The molecule has 134 valence electrons. The highest BCUT2D eigenvalue weighted by Crippen LogP contribution is 2.28. The Hall–Kier alpha value is -2.99. The van der Waals surface area contributed by atoms with E-state index in [1.807, 2.05) is 42.5 Å². The summed E-state index contributed by atoms with van der Waals surface area (Å²) in [5.74, 6) is 1.12. The largest absolute Gasteiger partial charge is 0.573 e. The lowest BCUT2D eigenvalue weighted by atomic mass is 9.99. The standard InChI is InChI=1S/C20H16F3NO2/c21-20(22,23)26-18-12-8-15(9-13-18)19(24)14-6-10-17(11-7-14)25-16-4-2-1-3-5-16/h1-13,19H,24H2/t19-/m1/s1. The first-order valence-corrected chi connectivity index (χ1v) is 7.85. The highest BCUT2D eigenvalue weighted by atomic mass is 19.4. The zero-order valence-corrected chi connectivity index (χ0v) is 13.6. The SMILES string of the molecule is N[C@H](c1ccc(Oc2ccccc2)cc1)c1ccc(OC(F)(F)F)cc1. The molecule has 0 spiro atoms. The van der Waals surface area contributed by atoms with Gasteiger partial charge < -0.3 is 15.2 Å². The predicted octanol–water partition coefficient (Wildman–Crippen LogP) is 5.43. The zero-order chi connectivity index (χ0) is 18.6. The van der Waals surface area contributed by atoms with Gasteiger partial charge in [0.05, 0.1) is 6.04 Å². The van der Waals surface area contributed by atoms with Gasteiger partial charge in [-0.2, -0.15) is 0 Å². The van der Waals surface area contributed by atoms with Crippen molar-refractivity contribution < 1.29 is 22.6 Å². The molecule has 0 bridgehead atoms. The molecule has 0 radical (unpaired) electrons. The van der Waals surface area contributed by atoms with Crippen LogP contribution in [-0.4, -0.2) is 6.36 Å². The van der Waals surface area contributed by atoms with E-state index < -0.39 is 12.4 Å². The Morgan fingerprint density at radius 2 is 1.12 bits per heavy atom. The Balaban J connectivity index is 1.68. The number of benzene rings is 3. The van der Waals surface area contributed by atoms with E-state index in [2.05, 4.69) is 4.74 Å². The lowest BCUT2D eigenvalue weighted by Crippen LogP contribution is -2.17. The predicted molar refractivity (Wildman–Crippen MR) is 92.1 cm³/mol. The van der Waals surface area contributed by atoms with E-state index in [-0.39, 0.29) is 5.75 Å². The molecule has 6 heteroatoms. The maximum absolute atomic E-state index is 12.2. The van der Waals surface area contributed by atoms with Gasteiger partial charge in [0.1, 0.15) is 17.2 Å². The van der Waals surface area contributed by atoms with E-state index in [1.165, 1.54) is 24.3 Å². The lowest BCUT2D eigenvalue weighted by Gasteiger charge is -2.15. The third-order valence-corrected chi connectivity index (χ3v) is 3.69. The molecular weight excluding hydrogens is 343 g/mol. The van der Waals surface area contributed by atoms with Gasteiger partial charge in [-0.05, 0) is 47.5 Å². The van der Waals surface area contributed by atoms with E-state index in [0.29, 0.717) is 11.3 Å². The number of rotatable bonds is 5. The Bertz CT molecular complexity index is 832. The van der Waals surface area contributed by atoms with E-state index in [9.17, 15) is 13.2 Å². The van der Waals surface area contributed by atoms with E-state index in [1.54, 1.807) is 12.1 Å². The first-order chi connectivity index (χ1) is 12.4. The number of ether oxygens (including phenoxy) is 2. The van der Waals surface area contributed by atoms with Crippen molar-refractivity contribution in [3.63, 3.8) is 0 Å². The molecule has 3 nitrogen and oxygen atoms in total. The molecule has 0 heterocycles. The minimum absolute atomic E-state index is 0.278. The fourth-order valence-electron chi connectivity index (χ4n) is 2.44. The highest BCUT2D eigenvalue weighted by Gasteiger charge is 2.31. The summed E-state index contributed by atoms with van der Waals surface area (Å²) < 4.78 is 46.2. The highest BCUT2D eigenvalue weighted by molar-refractivity contribution is 5.38. The molecule has 0 amide bonds. The van der Waals surface area contributed by atoms with Crippen LogP contribution in [0.5, 0.6) is 17.2 Å². The van der Waals surface area contributed by atoms with Crippen LogP contribution in [0.15, 0.2) is 78.9 Å². The fourth-order valence-corrected chi connectivity index (χ4v) is 2.44. The van der Waals surface area contributed by atoms with Gasteiger partial charge in [-0.3, -0.25) is 0 Å². The van der Waals surface area contributed by atoms with Gasteiger partial charge in [-0.25, -0.2) is 0 Å². The second-order valence-corrected chi connectivity index (χ2v) is 5.58. The normalized spacial score (nSPS) is 12.5. The lowest BCUT2D eigenvalue weighted by molar-refractivity contribution is -0.274. The Morgan fingerprint density at radius 3 is 1.62 bits per heavy atom. The van der Waals surface area contributed by atoms with Crippen LogP contribution in [0.3, 0.4) is 0 Å². The number of para-hydroxylation sites is 1. The van der Waals surface area contributed by atoms with E-state index >= 15 is 0 Å². The first kappa shape index (κ1) is 17.8. The number of halogens is 3. The number of nitrogens with two attached hydrogens (primary N) is 1. The monoisotopic (exact) mass is 359 g/mol. The van der Waals surface area contributed by atoms with Crippen LogP contribution in [0, 0.1) is 0 Å². The molecule has 0 aliphatic rings. The Labute approximate surface area is 148 Å². The first-order valence-electron chi connectivity index (χ1n) is 7.85. The molecule has 3 rings (SSSR count). The van der Waals surface area contributed by atoms with Crippen LogP contribution >= 0.6 is 0 Å². The number of hydrogen-bond donors (Lipinski definition) is 1. The molecule has 0 fully saturated rings. The van der Waals surface area contributed by atoms with E-state index in [4.69, 9.17) is 10.5 Å². The minimum atomic E-state index is -4.71. The van der Waals surface area contributed by atoms with Crippen molar-refractivity contribution in [2.45, 2.75) is 12.4 Å². The quantitative estimate of drug-likeness (QED) is 0.661. The summed E-state index contributed by atoms with van der Waals surface area (Å²) in [4.78, 5) is 0. The summed E-state index contributed by atoms with van der Waals surface area (Å²) in [5.41, 5.74) is 7.68. The smallest absolute Gasteiger partial charge is 0.457 e. The summed E-state index contributed by atoms with van der Waals surface area (Å²) in [6.07, 6.45) is -4.71. The number of alkyl halides is 3. The molecule has 0 aliphatic carbocycles. The van der Waals surface area contributed by atoms with Gasteiger partial charge >= 0.3 is 6.36 Å². The summed E-state index contributed by atoms with van der Waals surface area (Å²) in [5, 5.41) is 0. The summed E-state index contributed by atoms with van der Waals surface area (Å²) in [6, 6.07) is 21.6. The molecular formula is C20H16F3NO2. The second kappa shape index (κ2) is 7.49. The number of hydrogen-bond acceptors (Lipinski definition) is 3. The van der Waals surface area contributed by atoms with Crippen molar-refractivity contribution in [2.24, 2.45) is 5.73 Å². The molecule has 0 saturated heterocycles. The molecule has 3 aromatic rings. The zero-order valence-electron chi connectivity index (χ0n) is 13.6. The van der Waals surface area contributed by atoms with Gasteiger partial charge in [0.2, 0.25) is 0 Å². The van der Waals surface area contributed by atoms with E-state index in [0.717, 1.165) is 11.3 Å². The van der Waals surface area contributed by atoms with Crippen LogP contribution < -0.4 is 15.2 Å². The van der Waals surface area contributed by atoms with Crippen LogP contribution in [0.4, 0.5) is 13.2 Å². The maximum Gasteiger partial charge on any atom is 0.573 e. The maximum atomic E-state index is 12.2. The van der Waals surface area contributed by atoms with Crippen molar-refractivity contribution in [3.05, 3.63) is 90.0 Å². The Morgan fingerprint density at radius 1 is 0.654 bits per heavy atom. The minimum Gasteiger partial charge on any atom is -0.457 e. The molecule has 1 atom stereocenters. The van der Waals surface area contributed by atoms with Crippen LogP contribution in [0.1, 0.15) is 17.2 Å². The van der Waals surface area contributed by atoms with Gasteiger partial charge in [0.25, 0.3) is 0 Å². The fraction of sp³-hybridized carbons (Fsp3) is 0.100. The molecule has 0 aliphatic heterocycles. The van der Waals surface area contributed by atoms with Crippen molar-refractivity contribution in [1.29, 1.82) is 0 Å². The van der Waals surface area contributed by atoms with Gasteiger partial charge in [-0.15, -0.1) is 13.2 Å². The van der Waals surface area contributed by atoms with Gasteiger partial charge in [0.15, 0.2) is 0 Å². The molecule has 0 saturated carbocycles. The second-order valence-electron chi connectivity index (χ2n) is 5.58.